The van der Waals surface area contributed by atoms with Gasteiger partial charge in [0.05, 0.1) is 20.1 Å². The average molecular weight is 303 g/mol. The summed E-state index contributed by atoms with van der Waals surface area (Å²) in [6.45, 7) is 3.51. The lowest BCUT2D eigenvalue weighted by Crippen LogP contribution is -2.39. The van der Waals surface area contributed by atoms with Crippen LogP contribution in [0.15, 0.2) is 40.8 Å². The fraction of sp³-hybridized carbons (Fsp3) is 0.353. The molecule has 2 rings (SSSR count). The van der Waals surface area contributed by atoms with Crippen LogP contribution in [0.25, 0.3) is 0 Å². The summed E-state index contributed by atoms with van der Waals surface area (Å²) < 4.78 is 10.5. The normalized spacial score (nSPS) is 13.5. The van der Waals surface area contributed by atoms with E-state index in [9.17, 15) is 9.90 Å². The molecule has 5 heteroatoms. The van der Waals surface area contributed by atoms with Crippen molar-refractivity contribution in [2.24, 2.45) is 0 Å². The van der Waals surface area contributed by atoms with E-state index in [-0.39, 0.29) is 18.9 Å². The van der Waals surface area contributed by atoms with E-state index < -0.39 is 5.60 Å². The van der Waals surface area contributed by atoms with E-state index in [1.54, 1.807) is 26.2 Å². The van der Waals surface area contributed by atoms with Crippen LogP contribution in [0.3, 0.4) is 0 Å². The molecule has 0 aliphatic rings. The van der Waals surface area contributed by atoms with E-state index in [0.29, 0.717) is 5.76 Å². The van der Waals surface area contributed by atoms with Crippen molar-refractivity contribution in [2.75, 3.05) is 13.7 Å². The van der Waals surface area contributed by atoms with E-state index in [1.165, 1.54) is 0 Å². The van der Waals surface area contributed by atoms with Crippen molar-refractivity contribution >= 4 is 5.91 Å². The molecule has 0 fully saturated rings. The molecule has 0 aliphatic carbocycles. The number of ether oxygens (including phenoxy) is 1. The van der Waals surface area contributed by atoms with E-state index in [4.69, 9.17) is 9.15 Å². The molecule has 2 N–H and O–H groups in total. The second kappa shape index (κ2) is 6.66. The zero-order valence-corrected chi connectivity index (χ0v) is 13.1. The minimum absolute atomic E-state index is 0.0922. The minimum Gasteiger partial charge on any atom is -0.497 e. The molecule has 1 aromatic carbocycles. The smallest absolute Gasteiger partial charge is 0.224 e. The Kier molecular flexibility index (Phi) is 4.88. The summed E-state index contributed by atoms with van der Waals surface area (Å²) in [7, 11) is 1.60. The lowest BCUT2D eigenvalue weighted by Gasteiger charge is -2.21. The predicted molar refractivity (Wildman–Crippen MR) is 82.7 cm³/mol. The molecule has 0 unspecified atom stereocenters. The molecule has 1 heterocycles. The number of amides is 1. The fourth-order valence-corrected chi connectivity index (χ4v) is 2.07. The maximum atomic E-state index is 12.0. The molecule has 0 bridgehead atoms. The second-order valence-electron chi connectivity index (χ2n) is 5.49. The Morgan fingerprint density at radius 1 is 1.27 bits per heavy atom. The van der Waals surface area contributed by atoms with Gasteiger partial charge in [-0.1, -0.05) is 12.1 Å². The zero-order chi connectivity index (χ0) is 16.2. The number of carbonyl (C=O) groups excluding carboxylic acids is 1. The number of nitrogens with one attached hydrogen (secondary N) is 1. The quantitative estimate of drug-likeness (QED) is 0.858. The number of hydrogen-bond acceptors (Lipinski definition) is 4. The summed E-state index contributed by atoms with van der Waals surface area (Å²) in [4.78, 5) is 12.0. The number of benzene rings is 1. The summed E-state index contributed by atoms with van der Waals surface area (Å²) >= 11 is 0. The molecule has 118 valence electrons. The van der Waals surface area contributed by atoms with Crippen LogP contribution < -0.4 is 10.1 Å². The summed E-state index contributed by atoms with van der Waals surface area (Å²) in [6, 6.07) is 10.8. The number of methoxy groups -OCH3 is 1. The topological polar surface area (TPSA) is 71.7 Å². The summed E-state index contributed by atoms with van der Waals surface area (Å²) in [5.41, 5.74) is -0.351. The molecule has 1 aromatic heterocycles. The molecule has 0 aliphatic heterocycles. The van der Waals surface area contributed by atoms with Crippen LogP contribution in [0.5, 0.6) is 5.75 Å². The number of hydrogen-bond donors (Lipinski definition) is 2. The Labute approximate surface area is 129 Å². The molecular weight excluding hydrogens is 282 g/mol. The van der Waals surface area contributed by atoms with Crippen molar-refractivity contribution in [1.82, 2.24) is 5.32 Å². The number of furan rings is 1. The highest BCUT2D eigenvalue weighted by Gasteiger charge is 2.27. The van der Waals surface area contributed by atoms with Gasteiger partial charge >= 0.3 is 0 Å². The standard InChI is InChI=1S/C17H21NO4/c1-12-4-9-15(22-12)17(2,20)11-18-16(19)10-13-5-7-14(21-3)8-6-13/h4-9,20H,10-11H2,1-3H3,(H,18,19)/t17-/m0/s1. The molecule has 1 amide bonds. The van der Waals surface area contributed by atoms with Crippen molar-refractivity contribution in [3.05, 3.63) is 53.5 Å². The van der Waals surface area contributed by atoms with Gasteiger partial charge in [-0.2, -0.15) is 0 Å². The molecule has 1 atom stereocenters. The lowest BCUT2D eigenvalue weighted by atomic mass is 10.0. The van der Waals surface area contributed by atoms with Crippen molar-refractivity contribution < 1.29 is 19.1 Å². The first-order chi connectivity index (χ1) is 10.4. The highest BCUT2D eigenvalue weighted by molar-refractivity contribution is 5.78. The molecular formula is C17H21NO4. The average Bonchev–Trinajstić information content (AvgIpc) is 2.94. The maximum Gasteiger partial charge on any atom is 0.224 e. The van der Waals surface area contributed by atoms with Gasteiger partial charge < -0.3 is 19.6 Å². The first-order valence-corrected chi connectivity index (χ1v) is 7.09. The van der Waals surface area contributed by atoms with Crippen molar-refractivity contribution in [2.45, 2.75) is 25.9 Å². The van der Waals surface area contributed by atoms with E-state index in [1.807, 2.05) is 31.2 Å². The Hall–Kier alpha value is -2.27. The molecule has 0 radical (unpaired) electrons. The Morgan fingerprint density at radius 2 is 1.95 bits per heavy atom. The third-order valence-electron chi connectivity index (χ3n) is 3.42. The highest BCUT2D eigenvalue weighted by Crippen LogP contribution is 2.22. The Balaban J connectivity index is 1.89. The van der Waals surface area contributed by atoms with Gasteiger partial charge in [0, 0.05) is 0 Å². The molecule has 0 spiro atoms. The van der Waals surface area contributed by atoms with Gasteiger partial charge in [0.25, 0.3) is 0 Å². The minimum atomic E-state index is -1.23. The van der Waals surface area contributed by atoms with Gasteiger partial charge in [0.2, 0.25) is 5.91 Å². The SMILES string of the molecule is COc1ccc(CC(=O)NC[C@](C)(O)c2ccc(C)o2)cc1. The van der Waals surface area contributed by atoms with E-state index in [0.717, 1.165) is 17.1 Å². The largest absolute Gasteiger partial charge is 0.497 e. The van der Waals surface area contributed by atoms with Crippen LogP contribution >= 0.6 is 0 Å². The van der Waals surface area contributed by atoms with Crippen molar-refractivity contribution in [1.29, 1.82) is 0 Å². The summed E-state index contributed by atoms with van der Waals surface area (Å²) in [5.74, 6) is 1.75. The Bertz CT molecular complexity index is 628. The third-order valence-corrected chi connectivity index (χ3v) is 3.42. The van der Waals surface area contributed by atoms with Crippen LogP contribution in [0.1, 0.15) is 24.0 Å². The zero-order valence-electron chi connectivity index (χ0n) is 13.1. The first-order valence-electron chi connectivity index (χ1n) is 7.09. The molecule has 0 saturated carbocycles. The molecule has 22 heavy (non-hydrogen) atoms. The van der Waals surface area contributed by atoms with Gasteiger partial charge in [0.1, 0.15) is 22.9 Å². The monoisotopic (exact) mass is 303 g/mol. The van der Waals surface area contributed by atoms with Crippen LogP contribution in [0.4, 0.5) is 0 Å². The summed E-state index contributed by atoms with van der Waals surface area (Å²) in [5, 5.41) is 13.1. The molecule has 0 saturated heterocycles. The van der Waals surface area contributed by atoms with E-state index >= 15 is 0 Å². The molecule has 5 nitrogen and oxygen atoms in total. The lowest BCUT2D eigenvalue weighted by molar-refractivity contribution is -0.121. The van der Waals surface area contributed by atoms with Crippen LogP contribution in [-0.2, 0) is 16.8 Å². The Morgan fingerprint density at radius 3 is 2.50 bits per heavy atom. The number of rotatable bonds is 6. The van der Waals surface area contributed by atoms with Crippen molar-refractivity contribution in [3.63, 3.8) is 0 Å². The van der Waals surface area contributed by atoms with E-state index in [2.05, 4.69) is 5.32 Å². The third kappa shape index (κ3) is 4.11. The highest BCUT2D eigenvalue weighted by atomic mass is 16.5. The van der Waals surface area contributed by atoms with Gasteiger partial charge in [-0.25, -0.2) is 0 Å². The van der Waals surface area contributed by atoms with Gasteiger partial charge in [0.15, 0.2) is 0 Å². The predicted octanol–water partition coefficient (Wildman–Crippen LogP) is 2.16. The fourth-order valence-electron chi connectivity index (χ4n) is 2.07. The van der Waals surface area contributed by atoms with Crippen LogP contribution in [-0.4, -0.2) is 24.7 Å². The van der Waals surface area contributed by atoms with Crippen LogP contribution in [0, 0.1) is 6.92 Å². The summed E-state index contributed by atoms with van der Waals surface area (Å²) in [6.07, 6.45) is 0.247. The van der Waals surface area contributed by atoms with Gasteiger partial charge in [-0.05, 0) is 43.7 Å². The van der Waals surface area contributed by atoms with Crippen LogP contribution in [0.2, 0.25) is 0 Å². The first kappa shape index (κ1) is 16.1. The maximum absolute atomic E-state index is 12.0. The molecule has 2 aromatic rings. The second-order valence-corrected chi connectivity index (χ2v) is 5.49. The van der Waals surface area contributed by atoms with Gasteiger partial charge in [-0.3, -0.25) is 4.79 Å². The van der Waals surface area contributed by atoms with Gasteiger partial charge in [-0.15, -0.1) is 0 Å². The van der Waals surface area contributed by atoms with Crippen molar-refractivity contribution in [3.8, 4) is 5.75 Å². The number of aliphatic hydroxyl groups is 1. The number of carbonyl (C=O) groups is 1. The number of aryl methyl sites for hydroxylation is 1.